The standard InChI is InChI=1S/C76H62BN3/c1-50-44-64-63-47-58(55-26-16-9-17-27-55)35-40-67(63)80-70-49-75(5,60-30-20-11-21-31-60)73-71(52(70)3)76(6,43-42-74(73,4)59-28-18-10-19-29-59)79(61-36-32-56(33-37-61)53-22-12-7-13-23-53)62-38-41-68-65(48-62)77(80)72(64)69(45-50)78(68)66-39-34-57(46-51(66)2)54-24-14-8-15-25-54/h7-49,52H,1-6H3. The number of aryl methyl sites for hydroxylation is 2. The van der Waals surface area contributed by atoms with Gasteiger partial charge in [-0.15, -0.1) is 0 Å². The van der Waals surface area contributed by atoms with E-state index in [9.17, 15) is 0 Å². The van der Waals surface area contributed by atoms with Crippen molar-refractivity contribution in [2.45, 2.75) is 57.9 Å². The van der Waals surface area contributed by atoms with Crippen molar-refractivity contribution in [1.82, 2.24) is 0 Å². The Bertz CT molecular complexity index is 4210. The minimum Gasteiger partial charge on any atom is -0.380 e. The quantitative estimate of drug-likeness (QED) is 0.116. The summed E-state index contributed by atoms with van der Waals surface area (Å²) in [4.78, 5) is 8.11. The third-order valence-corrected chi connectivity index (χ3v) is 18.7. The molecule has 0 fully saturated rings. The first-order valence-corrected chi connectivity index (χ1v) is 28.5. The maximum Gasteiger partial charge on any atom is 0.332 e. The number of nitrogens with zero attached hydrogens (tertiary/aromatic N) is 3. The fraction of sp³-hybridized carbons (Fsp3) is 0.132. The van der Waals surface area contributed by atoms with Crippen LogP contribution in [-0.4, -0.2) is 12.4 Å². The Kier molecular flexibility index (Phi) is 10.8. The Hall–Kier alpha value is -9.12. The molecule has 2 aliphatic carbocycles. The summed E-state index contributed by atoms with van der Waals surface area (Å²) in [6, 6.07) is 91.3. The van der Waals surface area contributed by atoms with E-state index < -0.39 is 16.4 Å². The highest BCUT2D eigenvalue weighted by Gasteiger charge is 2.57. The van der Waals surface area contributed by atoms with Crippen molar-refractivity contribution >= 4 is 51.9 Å². The van der Waals surface area contributed by atoms with Gasteiger partial charge in [0.2, 0.25) is 0 Å². The normalized spacial score (nSPS) is 21.0. The lowest BCUT2D eigenvalue weighted by Gasteiger charge is -2.58. The van der Waals surface area contributed by atoms with E-state index >= 15 is 0 Å². The summed E-state index contributed by atoms with van der Waals surface area (Å²) in [6.07, 6.45) is 7.84. The zero-order valence-electron chi connectivity index (χ0n) is 46.3. The largest absolute Gasteiger partial charge is 0.380 e. The van der Waals surface area contributed by atoms with Crippen LogP contribution < -0.4 is 25.5 Å². The molecule has 0 amide bonds. The van der Waals surface area contributed by atoms with Crippen molar-refractivity contribution in [2.75, 3.05) is 14.6 Å². The van der Waals surface area contributed by atoms with Gasteiger partial charge in [-0.2, -0.15) is 0 Å². The third-order valence-electron chi connectivity index (χ3n) is 18.7. The van der Waals surface area contributed by atoms with E-state index in [2.05, 4.69) is 317 Å². The van der Waals surface area contributed by atoms with E-state index in [0.29, 0.717) is 0 Å². The molecule has 0 spiro atoms. The van der Waals surface area contributed by atoms with E-state index in [1.807, 2.05) is 0 Å². The van der Waals surface area contributed by atoms with Gasteiger partial charge in [-0.25, -0.2) is 0 Å². The first-order valence-electron chi connectivity index (χ1n) is 28.5. The van der Waals surface area contributed by atoms with Crippen molar-refractivity contribution in [3.63, 3.8) is 0 Å². The highest BCUT2D eigenvalue weighted by atomic mass is 15.2. The second-order valence-electron chi connectivity index (χ2n) is 23.5. The number of rotatable bonds is 7. The fourth-order valence-electron chi connectivity index (χ4n) is 15.1. The Morgan fingerprint density at radius 3 is 1.55 bits per heavy atom. The molecule has 3 heterocycles. The number of allylic oxidation sites excluding steroid dienone is 4. The molecule has 10 aromatic carbocycles. The SMILES string of the molecule is Cc1cc2c3c(c1)N(c1ccc(-c4ccccc4)cc1C)c1ccc4cc1B3N(C1=CC(C)(c3ccccc3)C3=C(C1C)C(C)(C=CC3(C)c1ccccc1)N4c1ccc(-c3ccccc3)cc1)c1ccc(-c3ccccc3)cc1-2. The molecular formula is C76H62BN3. The van der Waals surface area contributed by atoms with Crippen LogP contribution in [0.5, 0.6) is 0 Å². The maximum absolute atomic E-state index is 2.81. The first-order chi connectivity index (χ1) is 39.0. The van der Waals surface area contributed by atoms with Crippen molar-refractivity contribution in [1.29, 1.82) is 0 Å². The van der Waals surface area contributed by atoms with E-state index in [1.54, 1.807) is 0 Å². The minimum absolute atomic E-state index is 0.0405. The summed E-state index contributed by atoms with van der Waals surface area (Å²) in [7, 11) is 0. The first kappa shape index (κ1) is 48.0. The Morgan fingerprint density at radius 2 is 0.938 bits per heavy atom. The van der Waals surface area contributed by atoms with Crippen LogP contribution in [0.25, 0.3) is 44.5 Å². The molecule has 4 atom stereocenters. The summed E-state index contributed by atoms with van der Waals surface area (Å²) >= 11 is 0. The second kappa shape index (κ2) is 18.0. The summed E-state index contributed by atoms with van der Waals surface area (Å²) in [5.74, 6) is -0.0405. The molecule has 4 heteroatoms. The molecule has 4 unspecified atom stereocenters. The Labute approximate surface area is 472 Å². The fourth-order valence-corrected chi connectivity index (χ4v) is 15.1. The molecule has 15 rings (SSSR count). The van der Waals surface area contributed by atoms with Gasteiger partial charge in [-0.05, 0) is 179 Å². The predicted molar refractivity (Wildman–Crippen MR) is 338 cm³/mol. The molecule has 80 heavy (non-hydrogen) atoms. The summed E-state index contributed by atoms with van der Waals surface area (Å²) < 4.78 is 0. The highest BCUT2D eigenvalue weighted by molar-refractivity contribution is 6.93. The maximum atomic E-state index is 2.81. The van der Waals surface area contributed by atoms with Crippen molar-refractivity contribution in [2.24, 2.45) is 5.92 Å². The predicted octanol–water partition coefficient (Wildman–Crippen LogP) is 17.9. The second-order valence-corrected chi connectivity index (χ2v) is 23.5. The highest BCUT2D eigenvalue weighted by Crippen LogP contribution is 2.62. The number of anilines is 6. The molecule has 0 radical (unpaired) electrons. The van der Waals surface area contributed by atoms with Gasteiger partial charge < -0.3 is 14.6 Å². The average Bonchev–Trinajstić information content (AvgIpc) is 1.61. The summed E-state index contributed by atoms with van der Waals surface area (Å²) in [5, 5.41) is 0. The Balaban J connectivity index is 1.08. The van der Waals surface area contributed by atoms with E-state index in [-0.39, 0.29) is 12.8 Å². The molecule has 3 nitrogen and oxygen atoms in total. The summed E-state index contributed by atoms with van der Waals surface area (Å²) in [6.45, 7) is 14.4. The molecule has 3 aliphatic heterocycles. The van der Waals surface area contributed by atoms with Crippen LogP contribution in [-0.2, 0) is 10.8 Å². The number of hydrogen-bond acceptors (Lipinski definition) is 3. The lowest BCUT2D eigenvalue weighted by Crippen LogP contribution is -2.65. The van der Waals surface area contributed by atoms with Gasteiger partial charge in [-0.1, -0.05) is 207 Å². The molecule has 0 saturated heterocycles. The van der Waals surface area contributed by atoms with Crippen LogP contribution in [0, 0.1) is 19.8 Å². The monoisotopic (exact) mass is 1030 g/mol. The average molecular weight is 1030 g/mol. The van der Waals surface area contributed by atoms with Gasteiger partial charge in [0.25, 0.3) is 0 Å². The molecule has 384 valence electrons. The minimum atomic E-state index is -0.651. The molecule has 10 aromatic rings. The smallest absolute Gasteiger partial charge is 0.332 e. The lowest BCUT2D eigenvalue weighted by molar-refractivity contribution is 0.447. The van der Waals surface area contributed by atoms with Crippen LogP contribution in [0.3, 0.4) is 0 Å². The zero-order chi connectivity index (χ0) is 54.1. The molecule has 0 N–H and O–H groups in total. The van der Waals surface area contributed by atoms with Crippen LogP contribution in [0.1, 0.15) is 49.9 Å². The number of fused-ring (bicyclic) bond motifs is 6. The van der Waals surface area contributed by atoms with E-state index in [1.165, 1.54) is 117 Å². The van der Waals surface area contributed by atoms with Crippen molar-refractivity contribution < 1.29 is 0 Å². The van der Waals surface area contributed by atoms with Gasteiger partial charge in [0.1, 0.15) is 0 Å². The van der Waals surface area contributed by atoms with Gasteiger partial charge >= 0.3 is 6.85 Å². The molecule has 5 aliphatic rings. The van der Waals surface area contributed by atoms with E-state index in [4.69, 9.17) is 0 Å². The molecule has 0 saturated carbocycles. The van der Waals surface area contributed by atoms with Crippen LogP contribution >= 0.6 is 0 Å². The van der Waals surface area contributed by atoms with Crippen molar-refractivity contribution in [3.8, 4) is 44.5 Å². The lowest BCUT2D eigenvalue weighted by atomic mass is 9.42. The van der Waals surface area contributed by atoms with Gasteiger partial charge in [-0.3, -0.25) is 0 Å². The van der Waals surface area contributed by atoms with Gasteiger partial charge in [0.15, 0.2) is 0 Å². The van der Waals surface area contributed by atoms with Gasteiger partial charge in [0, 0.05) is 62.1 Å². The van der Waals surface area contributed by atoms with Crippen molar-refractivity contribution in [3.05, 3.63) is 300 Å². The summed E-state index contributed by atoms with van der Waals surface area (Å²) in [5.41, 5.74) is 27.1. The van der Waals surface area contributed by atoms with Crippen LogP contribution in [0.2, 0.25) is 0 Å². The van der Waals surface area contributed by atoms with Crippen LogP contribution in [0.15, 0.2) is 278 Å². The molecule has 4 bridgehead atoms. The Morgan fingerprint density at radius 1 is 0.425 bits per heavy atom. The number of hydrogen-bond donors (Lipinski definition) is 0. The molecular weight excluding hydrogens is 966 g/mol. The number of benzene rings is 10. The topological polar surface area (TPSA) is 9.72 Å². The third kappa shape index (κ3) is 7.07. The van der Waals surface area contributed by atoms with E-state index in [0.717, 1.165) is 11.4 Å². The van der Waals surface area contributed by atoms with Crippen LogP contribution in [0.4, 0.5) is 34.1 Å². The molecule has 0 aromatic heterocycles. The zero-order valence-corrected chi connectivity index (χ0v) is 46.3. The van der Waals surface area contributed by atoms with Gasteiger partial charge in [0.05, 0.1) is 5.54 Å².